The molecule has 7 heteroatoms. The maximum absolute atomic E-state index is 12.3. The maximum Gasteiger partial charge on any atom is 0.243 e. The van der Waals surface area contributed by atoms with Gasteiger partial charge in [-0.05, 0) is 43.4 Å². The molecule has 0 aromatic heterocycles. The number of nitrogens with zero attached hydrogens (tertiary/aromatic N) is 1. The molecule has 0 saturated heterocycles. The number of benzene rings is 2. The zero-order valence-corrected chi connectivity index (χ0v) is 18.0. The van der Waals surface area contributed by atoms with Crippen molar-refractivity contribution in [2.24, 2.45) is 0 Å². The summed E-state index contributed by atoms with van der Waals surface area (Å²) in [5.41, 5.74) is 3.63. The SMILES string of the molecule is Cc1cccc(C)c1NC(=O)CN(C)C(=O)CS(=O)(=O)CCCc1ccccc1. The van der Waals surface area contributed by atoms with Crippen molar-refractivity contribution < 1.29 is 18.0 Å². The lowest BCUT2D eigenvalue weighted by molar-refractivity contribution is -0.131. The van der Waals surface area contributed by atoms with Crippen molar-refractivity contribution in [3.63, 3.8) is 0 Å². The lowest BCUT2D eigenvalue weighted by Crippen LogP contribution is -2.38. The molecule has 0 atom stereocenters. The Kier molecular flexibility index (Phi) is 7.96. The Hall–Kier alpha value is -2.67. The summed E-state index contributed by atoms with van der Waals surface area (Å²) < 4.78 is 24.5. The van der Waals surface area contributed by atoms with Crippen LogP contribution in [0.3, 0.4) is 0 Å². The molecule has 1 N–H and O–H groups in total. The van der Waals surface area contributed by atoms with E-state index in [0.29, 0.717) is 18.5 Å². The minimum atomic E-state index is -3.53. The Bertz CT molecular complexity index is 936. The normalized spacial score (nSPS) is 11.1. The van der Waals surface area contributed by atoms with E-state index in [1.54, 1.807) is 0 Å². The molecule has 0 bridgehead atoms. The van der Waals surface area contributed by atoms with E-state index in [-0.39, 0.29) is 18.2 Å². The minimum absolute atomic E-state index is 0.0594. The van der Waals surface area contributed by atoms with E-state index in [4.69, 9.17) is 0 Å². The first kappa shape index (κ1) is 22.6. The summed E-state index contributed by atoms with van der Waals surface area (Å²) in [5.74, 6) is -1.59. The number of carbonyl (C=O) groups is 2. The van der Waals surface area contributed by atoms with E-state index in [0.717, 1.165) is 21.6 Å². The van der Waals surface area contributed by atoms with Crippen LogP contribution in [0.2, 0.25) is 0 Å². The van der Waals surface area contributed by atoms with Crippen LogP contribution >= 0.6 is 0 Å². The maximum atomic E-state index is 12.3. The molecule has 0 aliphatic carbocycles. The van der Waals surface area contributed by atoms with Crippen LogP contribution in [0.15, 0.2) is 48.5 Å². The number of amides is 2. The minimum Gasteiger partial charge on any atom is -0.336 e. The van der Waals surface area contributed by atoms with Gasteiger partial charge in [0.05, 0.1) is 12.3 Å². The summed E-state index contributed by atoms with van der Waals surface area (Å²) in [7, 11) is -2.09. The van der Waals surface area contributed by atoms with Crippen LogP contribution < -0.4 is 5.32 Å². The summed E-state index contributed by atoms with van der Waals surface area (Å²) in [6, 6.07) is 15.3. The van der Waals surface area contributed by atoms with Crippen LogP contribution in [-0.4, -0.2) is 50.2 Å². The van der Waals surface area contributed by atoms with Crippen LogP contribution in [0.4, 0.5) is 5.69 Å². The quantitative estimate of drug-likeness (QED) is 0.681. The first-order valence-electron chi connectivity index (χ1n) is 9.52. The number of hydrogen-bond donors (Lipinski definition) is 1. The largest absolute Gasteiger partial charge is 0.336 e. The summed E-state index contributed by atoms with van der Waals surface area (Å²) in [4.78, 5) is 25.7. The molecule has 2 aromatic carbocycles. The zero-order valence-electron chi connectivity index (χ0n) is 17.1. The van der Waals surface area contributed by atoms with Gasteiger partial charge in [0.1, 0.15) is 5.75 Å². The van der Waals surface area contributed by atoms with Crippen molar-refractivity contribution in [3.05, 3.63) is 65.2 Å². The van der Waals surface area contributed by atoms with Crippen molar-refractivity contribution >= 4 is 27.3 Å². The van der Waals surface area contributed by atoms with Gasteiger partial charge >= 0.3 is 0 Å². The third-order valence-corrected chi connectivity index (χ3v) is 6.26. The molecule has 29 heavy (non-hydrogen) atoms. The molecular weight excluding hydrogens is 388 g/mol. The first-order valence-corrected chi connectivity index (χ1v) is 11.3. The average Bonchev–Trinajstić information content (AvgIpc) is 2.65. The lowest BCUT2D eigenvalue weighted by atomic mass is 10.1. The van der Waals surface area contributed by atoms with Gasteiger partial charge in [-0.3, -0.25) is 9.59 Å². The molecule has 156 valence electrons. The molecule has 0 spiro atoms. The molecule has 6 nitrogen and oxygen atoms in total. The Morgan fingerprint density at radius 1 is 0.966 bits per heavy atom. The highest BCUT2D eigenvalue weighted by molar-refractivity contribution is 7.92. The van der Waals surface area contributed by atoms with Gasteiger partial charge in [0.15, 0.2) is 9.84 Å². The molecule has 0 saturated carbocycles. The van der Waals surface area contributed by atoms with Gasteiger partial charge in [-0.2, -0.15) is 0 Å². The summed E-state index contributed by atoms with van der Waals surface area (Å²) in [6.45, 7) is 3.57. The number of nitrogens with one attached hydrogen (secondary N) is 1. The molecule has 2 rings (SSSR count). The molecule has 0 aliphatic rings. The highest BCUT2D eigenvalue weighted by Crippen LogP contribution is 2.19. The molecule has 0 aliphatic heterocycles. The number of aryl methyl sites for hydroxylation is 3. The van der Waals surface area contributed by atoms with E-state index >= 15 is 0 Å². The van der Waals surface area contributed by atoms with Gasteiger partial charge < -0.3 is 10.2 Å². The average molecular weight is 417 g/mol. The van der Waals surface area contributed by atoms with E-state index in [2.05, 4.69) is 5.32 Å². The molecular formula is C22H28N2O4S. The Balaban J connectivity index is 1.83. The zero-order chi connectivity index (χ0) is 21.4. The molecule has 0 heterocycles. The fraction of sp³-hybridized carbons (Fsp3) is 0.364. The van der Waals surface area contributed by atoms with Crippen molar-refractivity contribution in [3.8, 4) is 0 Å². The van der Waals surface area contributed by atoms with Crippen molar-refractivity contribution in [2.75, 3.05) is 30.4 Å². The van der Waals surface area contributed by atoms with Crippen LogP contribution in [0.25, 0.3) is 0 Å². The summed E-state index contributed by atoms with van der Waals surface area (Å²) in [5, 5.41) is 2.80. The molecule has 2 amide bonds. The second kappa shape index (κ2) is 10.2. The van der Waals surface area contributed by atoms with Crippen LogP contribution in [0.1, 0.15) is 23.1 Å². The number of carbonyl (C=O) groups excluding carboxylic acids is 2. The number of hydrogen-bond acceptors (Lipinski definition) is 4. The second-order valence-corrected chi connectivity index (χ2v) is 9.43. The van der Waals surface area contributed by atoms with Gasteiger partial charge in [-0.1, -0.05) is 48.5 Å². The third-order valence-electron chi connectivity index (χ3n) is 4.66. The number of para-hydroxylation sites is 1. The smallest absolute Gasteiger partial charge is 0.243 e. The van der Waals surface area contributed by atoms with Crippen LogP contribution in [0, 0.1) is 13.8 Å². The Morgan fingerprint density at radius 3 is 2.21 bits per heavy atom. The van der Waals surface area contributed by atoms with Gasteiger partial charge in [-0.25, -0.2) is 8.42 Å². The van der Waals surface area contributed by atoms with E-state index in [9.17, 15) is 18.0 Å². The van der Waals surface area contributed by atoms with Crippen LogP contribution in [-0.2, 0) is 25.8 Å². The van der Waals surface area contributed by atoms with Gasteiger partial charge in [0.2, 0.25) is 11.8 Å². The number of anilines is 1. The predicted molar refractivity (Wildman–Crippen MR) is 116 cm³/mol. The Labute approximate surface area is 172 Å². The fourth-order valence-corrected chi connectivity index (χ4v) is 4.33. The van der Waals surface area contributed by atoms with Crippen molar-refractivity contribution in [1.29, 1.82) is 0 Å². The lowest BCUT2D eigenvalue weighted by Gasteiger charge is -2.18. The molecule has 0 radical (unpaired) electrons. The van der Waals surface area contributed by atoms with Crippen LogP contribution in [0.5, 0.6) is 0 Å². The summed E-state index contributed by atoms with van der Waals surface area (Å²) >= 11 is 0. The van der Waals surface area contributed by atoms with Crippen molar-refractivity contribution in [2.45, 2.75) is 26.7 Å². The van der Waals surface area contributed by atoms with E-state index < -0.39 is 21.5 Å². The highest BCUT2D eigenvalue weighted by atomic mass is 32.2. The second-order valence-electron chi connectivity index (χ2n) is 7.25. The first-order chi connectivity index (χ1) is 13.7. The number of likely N-dealkylation sites (N-methyl/N-ethyl adjacent to an activating group) is 1. The Morgan fingerprint density at radius 2 is 1.59 bits per heavy atom. The van der Waals surface area contributed by atoms with Gasteiger partial charge in [0, 0.05) is 12.7 Å². The van der Waals surface area contributed by atoms with E-state index in [1.807, 2.05) is 62.4 Å². The monoisotopic (exact) mass is 416 g/mol. The topological polar surface area (TPSA) is 83.6 Å². The molecule has 2 aromatic rings. The standard InChI is InChI=1S/C22H28N2O4S/c1-17-9-7-10-18(2)22(17)23-20(25)15-24(3)21(26)16-29(27,28)14-8-13-19-11-5-4-6-12-19/h4-7,9-12H,8,13-16H2,1-3H3,(H,23,25). The van der Waals surface area contributed by atoms with E-state index in [1.165, 1.54) is 7.05 Å². The van der Waals surface area contributed by atoms with Gasteiger partial charge in [0.25, 0.3) is 0 Å². The number of sulfone groups is 1. The molecule has 0 fully saturated rings. The molecule has 0 unspecified atom stereocenters. The summed E-state index contributed by atoms with van der Waals surface area (Å²) in [6.07, 6.45) is 1.10. The van der Waals surface area contributed by atoms with Gasteiger partial charge in [-0.15, -0.1) is 0 Å². The predicted octanol–water partition coefficient (Wildman–Crippen LogP) is 2.75. The van der Waals surface area contributed by atoms with Crippen molar-refractivity contribution in [1.82, 2.24) is 4.90 Å². The highest BCUT2D eigenvalue weighted by Gasteiger charge is 2.21. The fourth-order valence-electron chi connectivity index (χ4n) is 3.01. The third kappa shape index (κ3) is 7.34. The number of rotatable bonds is 9.